The summed E-state index contributed by atoms with van der Waals surface area (Å²) in [6.07, 6.45) is 15.3. The van der Waals surface area contributed by atoms with Crippen molar-refractivity contribution < 1.29 is 4.79 Å². The maximum Gasteiger partial charge on any atom is 0.254 e. The highest BCUT2D eigenvalue weighted by Gasteiger charge is 2.13. The Balaban J connectivity index is 0.000000261. The van der Waals surface area contributed by atoms with Gasteiger partial charge in [0.25, 0.3) is 5.91 Å². The molecule has 4 aromatic rings. The van der Waals surface area contributed by atoms with Crippen LogP contribution in [0.15, 0.2) is 95.4 Å². The van der Waals surface area contributed by atoms with Crippen molar-refractivity contribution in [3.8, 4) is 11.3 Å². The Hall–Kier alpha value is -4.98. The largest absolute Gasteiger partial charge is 0.384 e. The fraction of sp³-hybridized carbons (Fsp3) is 0.257. The first kappa shape index (κ1) is 32.5. The number of amidine groups is 1. The van der Waals surface area contributed by atoms with Crippen LogP contribution in [-0.4, -0.2) is 40.1 Å². The van der Waals surface area contributed by atoms with E-state index in [9.17, 15) is 4.79 Å². The third-order valence-corrected chi connectivity index (χ3v) is 6.79. The average Bonchev–Trinajstić information content (AvgIpc) is 3.44. The first-order chi connectivity index (χ1) is 20.8. The second kappa shape index (κ2) is 16.5. The molecular weight excluding hydrogens is 534 g/mol. The number of primary amides is 1. The molecule has 43 heavy (non-hydrogen) atoms. The second-order valence-electron chi connectivity index (χ2n) is 10.0. The Bertz CT molecular complexity index is 1630. The molecule has 0 radical (unpaired) electrons. The van der Waals surface area contributed by atoms with Gasteiger partial charge in [-0.2, -0.15) is 5.10 Å². The number of aromatic nitrogens is 3. The lowest BCUT2D eigenvalue weighted by Gasteiger charge is -2.11. The number of hydrogen-bond acceptors (Lipinski definition) is 5. The molecule has 0 atom stereocenters. The number of carbonyl (C=O) groups is 1. The highest BCUT2D eigenvalue weighted by atomic mass is 16.1. The minimum atomic E-state index is -0.573. The Labute approximate surface area is 254 Å². The molecule has 1 amide bonds. The summed E-state index contributed by atoms with van der Waals surface area (Å²) < 4.78 is 1.81. The molecule has 2 aromatic heterocycles. The molecular formula is C35H43N7O. The number of allylic oxidation sites excluding steroid dienone is 2. The maximum absolute atomic E-state index is 11.2. The molecule has 0 aliphatic rings. The van der Waals surface area contributed by atoms with Crippen LogP contribution in [-0.2, 0) is 18.3 Å². The maximum atomic E-state index is 11.2. The number of nitrogens with two attached hydrogens (primary N) is 2. The summed E-state index contributed by atoms with van der Waals surface area (Å²) in [6, 6.07) is 19.0. The topological polar surface area (TPSA) is 124 Å². The van der Waals surface area contributed by atoms with Crippen molar-refractivity contribution in [1.82, 2.24) is 20.1 Å². The first-order valence-electron chi connectivity index (χ1n) is 14.6. The zero-order valence-electron chi connectivity index (χ0n) is 25.8. The number of para-hydroxylation sites is 1. The normalized spacial score (nSPS) is 12.3. The van der Waals surface area contributed by atoms with E-state index in [1.54, 1.807) is 6.92 Å². The predicted molar refractivity (Wildman–Crippen MR) is 180 cm³/mol. The highest BCUT2D eigenvalue weighted by Crippen LogP contribution is 2.28. The number of nitrogens with zero attached hydrogens (tertiary/aromatic N) is 4. The van der Waals surface area contributed by atoms with Crippen molar-refractivity contribution in [3.05, 3.63) is 107 Å². The third kappa shape index (κ3) is 9.26. The Morgan fingerprint density at radius 3 is 2.44 bits per heavy atom. The number of amides is 1. The summed E-state index contributed by atoms with van der Waals surface area (Å²) >= 11 is 0. The van der Waals surface area contributed by atoms with Gasteiger partial charge in [-0.05, 0) is 31.4 Å². The molecule has 0 fully saturated rings. The third-order valence-electron chi connectivity index (χ3n) is 6.79. The zero-order chi connectivity index (χ0) is 31.2. The number of unbranched alkanes of at least 4 members (excludes halogenated alkanes) is 1. The molecule has 224 valence electrons. The molecule has 2 aromatic carbocycles. The molecule has 8 heteroatoms. The number of rotatable bonds is 11. The predicted octanol–water partition coefficient (Wildman–Crippen LogP) is 6.05. The molecule has 0 saturated heterocycles. The Kier molecular flexibility index (Phi) is 12.5. The lowest BCUT2D eigenvalue weighted by molar-refractivity contribution is -0.114. The summed E-state index contributed by atoms with van der Waals surface area (Å²) in [7, 11) is 3.45. The van der Waals surface area contributed by atoms with Gasteiger partial charge in [0.05, 0.1) is 23.0 Å². The standard InChI is InChI=1S/C23H21N3.C12H22N4O/c1-3-18-14-21-11-7-10-20(13-12-17-15-24-26(2)16-17)23(21)25-22(18)19-8-5-4-6-9-19;1-4-5-6-7-8-16-9(2)10(12(14)17)11(13)15-3/h4-16H,3H2,1-2H3;6-7,16H,4-5,8H2,1-3H3,(H2,13,15)(H2,14,17)/b13-12+;7-6-,10-9-. The number of hydrogen-bond donors (Lipinski definition) is 3. The van der Waals surface area contributed by atoms with E-state index < -0.39 is 5.91 Å². The fourth-order valence-electron chi connectivity index (χ4n) is 4.51. The van der Waals surface area contributed by atoms with Crippen molar-refractivity contribution in [2.24, 2.45) is 23.5 Å². The van der Waals surface area contributed by atoms with Crippen molar-refractivity contribution >= 4 is 34.8 Å². The van der Waals surface area contributed by atoms with E-state index in [1.807, 2.05) is 36.3 Å². The monoisotopic (exact) mass is 577 g/mol. The number of aryl methyl sites for hydroxylation is 2. The summed E-state index contributed by atoms with van der Waals surface area (Å²) in [6.45, 7) is 6.69. The van der Waals surface area contributed by atoms with Gasteiger partial charge in [0.1, 0.15) is 5.84 Å². The molecule has 5 N–H and O–H groups in total. The van der Waals surface area contributed by atoms with Crippen molar-refractivity contribution in [1.29, 1.82) is 0 Å². The number of pyridine rings is 1. The van der Waals surface area contributed by atoms with Crippen LogP contribution in [0.4, 0.5) is 0 Å². The van der Waals surface area contributed by atoms with Gasteiger partial charge in [-0.3, -0.25) is 14.5 Å². The number of nitrogens with one attached hydrogen (secondary N) is 1. The minimum absolute atomic E-state index is 0.153. The van der Waals surface area contributed by atoms with Gasteiger partial charge in [0, 0.05) is 54.6 Å². The van der Waals surface area contributed by atoms with Crippen LogP contribution in [0.1, 0.15) is 50.3 Å². The summed E-state index contributed by atoms with van der Waals surface area (Å²) in [5.41, 5.74) is 18.5. The molecule has 0 aliphatic heterocycles. The van der Waals surface area contributed by atoms with Gasteiger partial charge in [-0.15, -0.1) is 0 Å². The van der Waals surface area contributed by atoms with E-state index in [2.05, 4.69) is 96.0 Å². The van der Waals surface area contributed by atoms with Crippen LogP contribution in [0.3, 0.4) is 0 Å². The molecule has 0 bridgehead atoms. The lowest BCUT2D eigenvalue weighted by Crippen LogP contribution is -2.30. The average molecular weight is 578 g/mol. The van der Waals surface area contributed by atoms with Crippen LogP contribution >= 0.6 is 0 Å². The van der Waals surface area contributed by atoms with Gasteiger partial charge in [-0.1, -0.05) is 93.1 Å². The van der Waals surface area contributed by atoms with Crippen LogP contribution in [0.25, 0.3) is 34.3 Å². The Morgan fingerprint density at radius 2 is 1.81 bits per heavy atom. The summed E-state index contributed by atoms with van der Waals surface area (Å²) in [5, 5.41) is 8.46. The van der Waals surface area contributed by atoms with Gasteiger partial charge in [-0.25, -0.2) is 4.98 Å². The highest BCUT2D eigenvalue weighted by molar-refractivity contribution is 6.20. The van der Waals surface area contributed by atoms with E-state index in [1.165, 1.54) is 18.0 Å². The summed E-state index contributed by atoms with van der Waals surface area (Å²) in [4.78, 5) is 20.1. The van der Waals surface area contributed by atoms with Crippen LogP contribution < -0.4 is 16.8 Å². The summed E-state index contributed by atoms with van der Waals surface area (Å²) in [5.74, 6) is -0.421. The van der Waals surface area contributed by atoms with Crippen LogP contribution in [0.5, 0.6) is 0 Å². The number of fused-ring (bicyclic) bond motifs is 1. The van der Waals surface area contributed by atoms with Gasteiger partial charge in [0.15, 0.2) is 0 Å². The quantitative estimate of drug-likeness (QED) is 0.0867. The number of aliphatic imine (C=N–C) groups is 1. The smallest absolute Gasteiger partial charge is 0.254 e. The van der Waals surface area contributed by atoms with E-state index in [0.717, 1.165) is 47.2 Å². The van der Waals surface area contributed by atoms with E-state index in [-0.39, 0.29) is 11.4 Å². The minimum Gasteiger partial charge on any atom is -0.384 e. The fourth-order valence-corrected chi connectivity index (χ4v) is 4.51. The lowest BCUT2D eigenvalue weighted by atomic mass is 10.00. The molecule has 0 spiro atoms. The molecule has 2 heterocycles. The van der Waals surface area contributed by atoms with Crippen LogP contribution in [0, 0.1) is 0 Å². The molecule has 0 aliphatic carbocycles. The molecule has 0 saturated carbocycles. The Morgan fingerprint density at radius 1 is 1.05 bits per heavy atom. The van der Waals surface area contributed by atoms with Crippen molar-refractivity contribution in [3.63, 3.8) is 0 Å². The van der Waals surface area contributed by atoms with Gasteiger partial charge in [0.2, 0.25) is 0 Å². The first-order valence-corrected chi connectivity index (χ1v) is 14.6. The second-order valence-corrected chi connectivity index (χ2v) is 10.0. The number of benzene rings is 2. The SMILES string of the molecule is CCC/C=C\CN/C(C)=C(\C(N)=O)C(N)=NC.CCc1cc2cccc(/C=C/c3cnn(C)c3)c2nc1-c1ccccc1. The molecule has 0 unspecified atom stereocenters. The number of carbonyl (C=O) groups excluding carboxylic acids is 1. The zero-order valence-corrected chi connectivity index (χ0v) is 25.8. The van der Waals surface area contributed by atoms with Crippen molar-refractivity contribution in [2.45, 2.75) is 40.0 Å². The molecule has 4 rings (SSSR count). The van der Waals surface area contributed by atoms with Crippen molar-refractivity contribution in [2.75, 3.05) is 13.6 Å². The van der Waals surface area contributed by atoms with Crippen LogP contribution in [0.2, 0.25) is 0 Å². The van der Waals surface area contributed by atoms with Gasteiger partial charge < -0.3 is 16.8 Å². The van der Waals surface area contributed by atoms with E-state index >= 15 is 0 Å². The van der Waals surface area contributed by atoms with E-state index in [4.69, 9.17) is 16.5 Å². The molecule has 8 nitrogen and oxygen atoms in total. The van der Waals surface area contributed by atoms with E-state index in [0.29, 0.717) is 12.2 Å². The van der Waals surface area contributed by atoms with Gasteiger partial charge >= 0.3 is 0 Å².